The number of urea groups is 1. The molecule has 218 valence electrons. The molecule has 0 radical (unpaired) electrons. The minimum atomic E-state index is -1.14. The summed E-state index contributed by atoms with van der Waals surface area (Å²) in [6, 6.07) is 5.02. The first-order chi connectivity index (χ1) is 18.8. The van der Waals surface area contributed by atoms with E-state index in [0.717, 1.165) is 5.39 Å². The number of aliphatic carboxylic acids is 1. The number of Topliss-reactive ketones (excluding diaryl/α,β-unsaturated/α-hetero) is 1. The highest BCUT2D eigenvalue weighted by Gasteiger charge is 2.35. The van der Waals surface area contributed by atoms with E-state index >= 15 is 0 Å². The molecule has 11 nitrogen and oxygen atoms in total. The third-order valence-electron chi connectivity index (χ3n) is 6.98. The maximum absolute atomic E-state index is 13.3. The second-order valence-electron chi connectivity index (χ2n) is 11.4. The molecule has 1 saturated heterocycles. The zero-order valence-corrected chi connectivity index (χ0v) is 23.7. The van der Waals surface area contributed by atoms with E-state index in [0.29, 0.717) is 24.8 Å². The van der Waals surface area contributed by atoms with Gasteiger partial charge in [0.1, 0.15) is 17.7 Å². The second-order valence-corrected chi connectivity index (χ2v) is 11.4. The normalized spacial score (nSPS) is 19.3. The molecule has 4 amide bonds. The zero-order valence-electron chi connectivity index (χ0n) is 23.7. The molecule has 3 rings (SSSR count). The number of fused-ring (bicyclic) bond motifs is 1. The van der Waals surface area contributed by atoms with E-state index in [1.54, 1.807) is 25.1 Å². The van der Waals surface area contributed by atoms with Gasteiger partial charge in [-0.25, -0.2) is 9.59 Å². The van der Waals surface area contributed by atoms with E-state index in [1.807, 2.05) is 39.8 Å². The molecule has 0 saturated carbocycles. The van der Waals surface area contributed by atoms with Gasteiger partial charge in [0.05, 0.1) is 12.6 Å². The van der Waals surface area contributed by atoms with Gasteiger partial charge in [0.15, 0.2) is 11.5 Å². The lowest BCUT2D eigenvalue weighted by Gasteiger charge is -2.28. The van der Waals surface area contributed by atoms with Crippen molar-refractivity contribution >= 4 is 40.6 Å². The fourth-order valence-corrected chi connectivity index (χ4v) is 4.81. The molecule has 11 heteroatoms. The lowest BCUT2D eigenvalue weighted by Crippen LogP contribution is -2.54. The van der Waals surface area contributed by atoms with Crippen molar-refractivity contribution in [3.63, 3.8) is 0 Å². The minimum absolute atomic E-state index is 0.0512. The highest BCUT2D eigenvalue weighted by molar-refractivity contribution is 6.00. The molecular formula is C29H40N4O7. The van der Waals surface area contributed by atoms with Gasteiger partial charge >= 0.3 is 12.0 Å². The summed E-state index contributed by atoms with van der Waals surface area (Å²) in [5.41, 5.74) is 0.558. The predicted molar refractivity (Wildman–Crippen MR) is 149 cm³/mol. The average Bonchev–Trinajstić information content (AvgIpc) is 3.26. The molecule has 1 aromatic carbocycles. The molecule has 2 heterocycles. The highest BCUT2D eigenvalue weighted by Crippen LogP contribution is 2.20. The Morgan fingerprint density at radius 3 is 2.27 bits per heavy atom. The van der Waals surface area contributed by atoms with Crippen LogP contribution in [0.5, 0.6) is 0 Å². The van der Waals surface area contributed by atoms with Gasteiger partial charge in [0.25, 0.3) is 5.91 Å². The van der Waals surface area contributed by atoms with Crippen LogP contribution in [0.3, 0.4) is 0 Å². The van der Waals surface area contributed by atoms with Crippen molar-refractivity contribution in [3.05, 3.63) is 36.1 Å². The topological polar surface area (TPSA) is 158 Å². The number of rotatable bonds is 10. The number of carboxylic acid groups (broad SMARTS) is 1. The number of carboxylic acids is 1. The molecule has 1 aliphatic rings. The van der Waals surface area contributed by atoms with Gasteiger partial charge in [-0.1, -0.05) is 45.9 Å². The number of nitrogens with zero attached hydrogens (tertiary/aromatic N) is 1. The van der Waals surface area contributed by atoms with Gasteiger partial charge < -0.3 is 30.4 Å². The van der Waals surface area contributed by atoms with Crippen molar-refractivity contribution in [1.82, 2.24) is 20.9 Å². The van der Waals surface area contributed by atoms with Crippen LogP contribution in [0.1, 0.15) is 70.9 Å². The zero-order chi connectivity index (χ0) is 29.6. The van der Waals surface area contributed by atoms with Crippen molar-refractivity contribution in [2.45, 2.75) is 84.5 Å². The van der Waals surface area contributed by atoms with Gasteiger partial charge in [-0.3, -0.25) is 14.4 Å². The van der Waals surface area contributed by atoms with Crippen molar-refractivity contribution in [2.75, 3.05) is 6.54 Å². The molecule has 40 heavy (non-hydrogen) atoms. The largest absolute Gasteiger partial charge is 0.480 e. The smallest absolute Gasteiger partial charge is 0.326 e. The quantitative estimate of drug-likeness (QED) is 0.349. The molecular weight excluding hydrogens is 516 g/mol. The Kier molecular flexibility index (Phi) is 10.3. The number of hydrogen-bond donors (Lipinski definition) is 4. The lowest BCUT2D eigenvalue weighted by atomic mass is 10.0. The summed E-state index contributed by atoms with van der Waals surface area (Å²) in [6.07, 6.45) is 1.32. The molecule has 2 aromatic rings. The molecule has 0 aliphatic carbocycles. The molecule has 1 fully saturated rings. The third kappa shape index (κ3) is 8.06. The first-order valence-electron chi connectivity index (χ1n) is 13.8. The number of likely N-dealkylation sites (tertiary alicyclic amines) is 1. The second kappa shape index (κ2) is 13.5. The average molecular weight is 557 g/mol. The first kappa shape index (κ1) is 30.6. The summed E-state index contributed by atoms with van der Waals surface area (Å²) < 4.78 is 5.63. The molecule has 0 bridgehead atoms. The summed E-state index contributed by atoms with van der Waals surface area (Å²) in [7, 11) is 0. The van der Waals surface area contributed by atoms with Crippen LogP contribution < -0.4 is 16.0 Å². The number of carbonyl (C=O) groups is 5. The van der Waals surface area contributed by atoms with E-state index in [1.165, 1.54) is 4.90 Å². The van der Waals surface area contributed by atoms with Crippen LogP contribution in [0.25, 0.3) is 11.0 Å². The number of para-hydroxylation sites is 1. The molecule has 1 aliphatic heterocycles. The van der Waals surface area contributed by atoms with Crippen LogP contribution in [-0.2, 0) is 14.4 Å². The monoisotopic (exact) mass is 556 g/mol. The summed E-state index contributed by atoms with van der Waals surface area (Å²) in [5, 5.41) is 18.3. The van der Waals surface area contributed by atoms with Gasteiger partial charge in [-0.05, 0) is 56.6 Å². The Morgan fingerprint density at radius 2 is 1.65 bits per heavy atom. The number of nitrogens with one attached hydrogen (secondary N) is 3. The number of hydrogen-bond acceptors (Lipinski definition) is 6. The SMILES string of the molecule is CC(C)CC(NC(=O)N1CC(=O)[C@@H](NC(=O)C(CC(C)C)NC(=O)c2cc3ccccc3o2)CC[C@H]1C)C(=O)O. The van der Waals surface area contributed by atoms with Crippen molar-refractivity contribution in [1.29, 1.82) is 0 Å². The van der Waals surface area contributed by atoms with E-state index < -0.39 is 41.9 Å². The number of amides is 4. The summed E-state index contributed by atoms with van der Waals surface area (Å²) in [4.78, 5) is 65.2. The van der Waals surface area contributed by atoms with Crippen molar-refractivity contribution in [2.24, 2.45) is 11.8 Å². The van der Waals surface area contributed by atoms with E-state index in [4.69, 9.17) is 4.42 Å². The Hall–Kier alpha value is -3.89. The van der Waals surface area contributed by atoms with Crippen LogP contribution in [0, 0.1) is 11.8 Å². The van der Waals surface area contributed by atoms with Gasteiger partial charge in [0, 0.05) is 11.4 Å². The van der Waals surface area contributed by atoms with Gasteiger partial charge in [-0.2, -0.15) is 0 Å². The molecule has 1 aromatic heterocycles. The molecule has 4 N–H and O–H groups in total. The maximum atomic E-state index is 13.3. The fraction of sp³-hybridized carbons (Fsp3) is 0.552. The maximum Gasteiger partial charge on any atom is 0.326 e. The Labute approximate surface area is 234 Å². The highest BCUT2D eigenvalue weighted by atomic mass is 16.4. The molecule has 4 atom stereocenters. The summed E-state index contributed by atoms with van der Waals surface area (Å²) in [5.74, 6) is -2.32. The van der Waals surface area contributed by atoms with Crippen LogP contribution in [-0.4, -0.2) is 70.3 Å². The Balaban J connectivity index is 1.67. The Morgan fingerprint density at radius 1 is 1.00 bits per heavy atom. The van der Waals surface area contributed by atoms with Crippen LogP contribution in [0.2, 0.25) is 0 Å². The van der Waals surface area contributed by atoms with Gasteiger partial charge in [-0.15, -0.1) is 0 Å². The predicted octanol–water partition coefficient (Wildman–Crippen LogP) is 3.32. The Bertz CT molecular complexity index is 1200. The first-order valence-corrected chi connectivity index (χ1v) is 13.8. The number of carbonyl (C=O) groups excluding carboxylic acids is 4. The number of furan rings is 1. The van der Waals surface area contributed by atoms with E-state index in [2.05, 4.69) is 16.0 Å². The van der Waals surface area contributed by atoms with E-state index in [-0.39, 0.29) is 42.4 Å². The van der Waals surface area contributed by atoms with E-state index in [9.17, 15) is 29.1 Å². The van der Waals surface area contributed by atoms with Crippen molar-refractivity contribution in [3.8, 4) is 0 Å². The van der Waals surface area contributed by atoms with Crippen LogP contribution in [0.4, 0.5) is 4.79 Å². The number of ketones is 1. The van der Waals surface area contributed by atoms with Crippen molar-refractivity contribution < 1.29 is 33.5 Å². The number of benzene rings is 1. The fourth-order valence-electron chi connectivity index (χ4n) is 4.81. The summed E-state index contributed by atoms with van der Waals surface area (Å²) >= 11 is 0. The van der Waals surface area contributed by atoms with Crippen LogP contribution in [0.15, 0.2) is 34.7 Å². The molecule has 0 spiro atoms. The van der Waals surface area contributed by atoms with Crippen LogP contribution >= 0.6 is 0 Å². The lowest BCUT2D eigenvalue weighted by molar-refractivity contribution is -0.139. The molecule has 2 unspecified atom stereocenters. The minimum Gasteiger partial charge on any atom is -0.480 e. The van der Waals surface area contributed by atoms with Gasteiger partial charge in [0.2, 0.25) is 5.91 Å². The summed E-state index contributed by atoms with van der Waals surface area (Å²) in [6.45, 7) is 9.08. The standard InChI is InChI=1S/C29H40N4O7/c1-16(2)12-21(31-27(36)25-14-19-8-6-7-9-24(19)40-25)26(35)30-20-11-10-18(5)33(15-23(20)34)29(39)32-22(28(37)38)13-17(3)4/h6-9,14,16-18,20-22H,10-13,15H2,1-5H3,(H,30,35)(H,31,36)(H,32,39)(H,37,38)/t18-,20+,21?,22?/m1/s1. The third-order valence-corrected chi connectivity index (χ3v) is 6.98.